The van der Waals surface area contributed by atoms with Crippen LogP contribution < -0.4 is 5.73 Å². The van der Waals surface area contributed by atoms with E-state index in [1.165, 1.54) is 17.2 Å². The van der Waals surface area contributed by atoms with Crippen LogP contribution in [0.1, 0.15) is 6.23 Å². The van der Waals surface area contributed by atoms with Crippen LogP contribution in [-0.2, 0) is 12.2 Å². The van der Waals surface area contributed by atoms with Gasteiger partial charge in [0.25, 0.3) is 0 Å². The number of aromatic nitrogens is 4. The number of aliphatic hydroxyl groups is 2. The minimum absolute atomic E-state index is 0.144. The van der Waals surface area contributed by atoms with Crippen LogP contribution in [0.15, 0.2) is 12.7 Å². The molecule has 0 amide bonds. The van der Waals surface area contributed by atoms with Crippen molar-refractivity contribution in [2.24, 2.45) is 0 Å². The van der Waals surface area contributed by atoms with Crippen LogP contribution >= 0.6 is 0 Å². The van der Waals surface area contributed by atoms with Crippen LogP contribution in [0.25, 0.3) is 11.2 Å². The summed E-state index contributed by atoms with van der Waals surface area (Å²) < 4.78 is 39.5. The number of nitrogens with two attached hydrogens (primary N) is 1. The molecule has 1 aliphatic heterocycles. The summed E-state index contributed by atoms with van der Waals surface area (Å²) in [7, 11) is 0. The summed E-state index contributed by atoms with van der Waals surface area (Å²) >= 11 is -5.32. The van der Waals surface area contributed by atoms with Gasteiger partial charge in [0.1, 0.15) is 0 Å². The predicted octanol–water partition coefficient (Wildman–Crippen LogP) is -3.10. The van der Waals surface area contributed by atoms with Crippen molar-refractivity contribution in [1.82, 2.24) is 19.5 Å². The fourth-order valence-corrected chi connectivity index (χ4v) is 3.04. The van der Waals surface area contributed by atoms with E-state index in [0.717, 1.165) is 0 Å². The molecule has 12 nitrogen and oxygen atoms in total. The molecule has 1 fully saturated rings. The molecule has 13 heteroatoms. The molecule has 3 heterocycles. The zero-order valence-electron chi connectivity index (χ0n) is 11.5. The Bertz CT molecular complexity index is 763. The summed E-state index contributed by atoms with van der Waals surface area (Å²) in [6.45, 7) is -0.567. The Kier molecular flexibility index (Phi) is 4.14. The van der Waals surface area contributed by atoms with Crippen molar-refractivity contribution in [3.63, 3.8) is 0 Å². The number of nitrogens with zero attached hydrogens (tertiary/aromatic N) is 4. The first-order valence-corrected chi connectivity index (χ1v) is 9.63. The van der Waals surface area contributed by atoms with E-state index in [-0.39, 0.29) is 11.5 Å². The molecule has 126 valence electrons. The Morgan fingerprint density at radius 1 is 1.30 bits per heavy atom. The van der Waals surface area contributed by atoms with Gasteiger partial charge in [-0.25, -0.2) is 0 Å². The molecule has 0 aliphatic carbocycles. The minimum atomic E-state index is -5.32. The molecule has 2 aromatic rings. The summed E-state index contributed by atoms with van der Waals surface area (Å²) in [5.41, 5.74) is 6.26. The second kappa shape index (κ2) is 5.83. The van der Waals surface area contributed by atoms with E-state index in [1.54, 1.807) is 0 Å². The van der Waals surface area contributed by atoms with Crippen LogP contribution in [-0.4, -0.2) is 77.4 Å². The van der Waals surface area contributed by atoms with E-state index >= 15 is 0 Å². The number of hydrogen-bond donors (Lipinski definition) is 5. The molecule has 0 bridgehead atoms. The Morgan fingerprint density at radius 3 is 2.74 bits per heavy atom. The first-order chi connectivity index (χ1) is 10.8. The zero-order valence-corrected chi connectivity index (χ0v) is 13.4. The van der Waals surface area contributed by atoms with Gasteiger partial charge in [-0.05, 0) is 0 Å². The number of fused-ring (bicyclic) bond motifs is 1. The van der Waals surface area contributed by atoms with Crippen molar-refractivity contribution in [3.8, 4) is 0 Å². The third-order valence-electron chi connectivity index (χ3n) is 3.41. The molecule has 0 saturated carbocycles. The fourth-order valence-electron chi connectivity index (χ4n) is 2.32. The molecule has 0 radical (unpaired) electrons. The van der Waals surface area contributed by atoms with Crippen molar-refractivity contribution in [2.75, 3.05) is 12.3 Å². The van der Waals surface area contributed by atoms with E-state index in [4.69, 9.17) is 18.7 Å². The SMILES string of the molecule is Nc1ncnc2c1ncn2[C@@H]1O[C@H](CO[As](=O)(O)O)[C@@H](O)[C@H]1O. The van der Waals surface area contributed by atoms with Crippen molar-refractivity contribution in [3.05, 3.63) is 12.7 Å². The Labute approximate surface area is 131 Å². The van der Waals surface area contributed by atoms with Gasteiger partial charge in [0, 0.05) is 0 Å². The van der Waals surface area contributed by atoms with Crippen molar-refractivity contribution in [2.45, 2.75) is 24.5 Å². The number of aliphatic hydroxyl groups excluding tert-OH is 2. The molecule has 4 atom stereocenters. The second-order valence-electron chi connectivity index (χ2n) is 4.92. The third kappa shape index (κ3) is 3.10. The summed E-state index contributed by atoms with van der Waals surface area (Å²) in [5, 5.41) is 20.1. The Balaban J connectivity index is 1.85. The van der Waals surface area contributed by atoms with Crippen LogP contribution in [0.2, 0.25) is 0 Å². The molecule has 6 N–H and O–H groups in total. The predicted molar refractivity (Wildman–Crippen MR) is 72.5 cm³/mol. The van der Waals surface area contributed by atoms with E-state index in [0.29, 0.717) is 5.52 Å². The van der Waals surface area contributed by atoms with E-state index < -0.39 is 45.7 Å². The summed E-state index contributed by atoms with van der Waals surface area (Å²) in [6, 6.07) is 0. The summed E-state index contributed by atoms with van der Waals surface area (Å²) in [6.07, 6.45) is -2.45. The Morgan fingerprint density at radius 2 is 2.04 bits per heavy atom. The second-order valence-corrected chi connectivity index (χ2v) is 7.52. The first kappa shape index (κ1) is 16.3. The summed E-state index contributed by atoms with van der Waals surface area (Å²) in [5.74, 6) is 0.144. The van der Waals surface area contributed by atoms with Crippen LogP contribution in [0.5, 0.6) is 0 Å². The van der Waals surface area contributed by atoms with Gasteiger partial charge >= 0.3 is 131 Å². The average Bonchev–Trinajstić information content (AvgIpc) is 3.01. The number of nitrogen functional groups attached to an aromatic ring is 1. The molecule has 1 saturated heterocycles. The van der Waals surface area contributed by atoms with Gasteiger partial charge in [-0.15, -0.1) is 0 Å². The average molecular weight is 391 g/mol. The van der Waals surface area contributed by atoms with Crippen molar-refractivity contribution >= 4 is 31.5 Å². The maximum atomic E-state index is 10.8. The standard InChI is InChI=1S/C10H14AsN5O7/c12-8-5-9(14-2-13-8)16(3-15-5)10-7(18)6(17)4(23-10)1-22-11(19,20)21/h2-4,6-7,10,17-18H,1H2,(H2,12,13,14)(H2,19,20,21)/t4-,6-,7-,10-/m1/s1. The normalized spacial score (nSPS) is 28.5. The van der Waals surface area contributed by atoms with E-state index in [1.807, 2.05) is 0 Å². The van der Waals surface area contributed by atoms with Gasteiger partial charge in [-0.3, -0.25) is 0 Å². The van der Waals surface area contributed by atoms with Gasteiger partial charge in [0.2, 0.25) is 0 Å². The molecule has 3 rings (SSSR count). The van der Waals surface area contributed by atoms with Gasteiger partial charge in [0.05, 0.1) is 0 Å². The molecule has 0 unspecified atom stereocenters. The molecular formula is C10H14AsN5O7. The van der Waals surface area contributed by atoms with Crippen molar-refractivity contribution < 1.29 is 30.6 Å². The third-order valence-corrected chi connectivity index (χ3v) is 4.42. The first-order valence-electron chi connectivity index (χ1n) is 6.42. The van der Waals surface area contributed by atoms with Gasteiger partial charge in [0.15, 0.2) is 0 Å². The van der Waals surface area contributed by atoms with Crippen LogP contribution in [0, 0.1) is 0 Å². The van der Waals surface area contributed by atoms with Crippen LogP contribution in [0.3, 0.4) is 0 Å². The topological polar surface area (TPSA) is 186 Å². The van der Waals surface area contributed by atoms with Gasteiger partial charge in [-0.1, -0.05) is 0 Å². The maximum absolute atomic E-state index is 10.8. The van der Waals surface area contributed by atoms with Crippen molar-refractivity contribution in [1.29, 1.82) is 0 Å². The molecule has 23 heavy (non-hydrogen) atoms. The molecule has 2 aromatic heterocycles. The fraction of sp³-hybridized carbons (Fsp3) is 0.500. The Hall–Kier alpha value is -1.53. The molecule has 1 aliphatic rings. The number of imidazole rings is 1. The molecule has 0 spiro atoms. The van der Waals surface area contributed by atoms with Gasteiger partial charge in [-0.2, -0.15) is 0 Å². The summed E-state index contributed by atoms with van der Waals surface area (Å²) in [4.78, 5) is 11.8. The number of rotatable bonds is 4. The quantitative estimate of drug-likeness (QED) is 0.332. The molecular weight excluding hydrogens is 377 g/mol. The number of hydrogen-bond acceptors (Lipinski definition) is 9. The van der Waals surface area contributed by atoms with E-state index in [2.05, 4.69) is 18.7 Å². The monoisotopic (exact) mass is 391 g/mol. The zero-order chi connectivity index (χ0) is 16.8. The number of ether oxygens (including phenoxy) is 1. The van der Waals surface area contributed by atoms with E-state index in [9.17, 15) is 14.0 Å². The number of anilines is 1. The van der Waals surface area contributed by atoms with Gasteiger partial charge < -0.3 is 0 Å². The molecule has 0 aromatic carbocycles. The van der Waals surface area contributed by atoms with Crippen LogP contribution in [0.4, 0.5) is 5.82 Å².